The molecule has 2 N–H and O–H groups in total. The molecule has 1 unspecified atom stereocenters. The lowest BCUT2D eigenvalue weighted by Gasteiger charge is -2.21. The van der Waals surface area contributed by atoms with Gasteiger partial charge in [0.05, 0.1) is 6.54 Å². The van der Waals surface area contributed by atoms with Crippen molar-refractivity contribution < 1.29 is 4.79 Å². The molecule has 0 saturated carbocycles. The summed E-state index contributed by atoms with van der Waals surface area (Å²) >= 11 is 3.94. The van der Waals surface area contributed by atoms with Gasteiger partial charge in [0.15, 0.2) is 0 Å². The minimum absolute atomic E-state index is 0.0648. The highest BCUT2D eigenvalue weighted by Crippen LogP contribution is 2.23. The first-order chi connectivity index (χ1) is 8.84. The summed E-state index contributed by atoms with van der Waals surface area (Å²) in [5, 5.41) is 6.67. The molecule has 1 aromatic rings. The van der Waals surface area contributed by atoms with Crippen molar-refractivity contribution in [2.45, 2.75) is 5.25 Å². The van der Waals surface area contributed by atoms with Crippen molar-refractivity contribution >= 4 is 35.1 Å². The molecule has 1 saturated heterocycles. The Balaban J connectivity index is 1.63. The number of nitrogens with one attached hydrogen (secondary N) is 2. The summed E-state index contributed by atoms with van der Waals surface area (Å²) in [6.07, 6.45) is 0. The molecule has 0 bridgehead atoms. The molecule has 2 rings (SSSR count). The first kappa shape index (κ1) is 13.6. The van der Waals surface area contributed by atoms with Gasteiger partial charge in [0.1, 0.15) is 0 Å². The summed E-state index contributed by atoms with van der Waals surface area (Å²) < 4.78 is 0. The van der Waals surface area contributed by atoms with Crippen LogP contribution in [0.2, 0.25) is 0 Å². The molecule has 1 aromatic carbocycles. The molecule has 1 heterocycles. The van der Waals surface area contributed by atoms with Gasteiger partial charge < -0.3 is 10.6 Å². The minimum atomic E-state index is 0.0648. The van der Waals surface area contributed by atoms with Crippen molar-refractivity contribution in [2.24, 2.45) is 0 Å². The Morgan fingerprint density at radius 1 is 1.28 bits per heavy atom. The van der Waals surface area contributed by atoms with E-state index >= 15 is 0 Å². The molecule has 0 aliphatic carbocycles. The smallest absolute Gasteiger partial charge is 0.239 e. The Morgan fingerprint density at radius 3 is 2.83 bits per heavy atom. The predicted octanol–water partition coefficient (Wildman–Crippen LogP) is 2.06. The van der Waals surface area contributed by atoms with E-state index in [4.69, 9.17) is 0 Å². The third-order valence-corrected chi connectivity index (χ3v) is 5.48. The lowest BCUT2D eigenvalue weighted by Crippen LogP contribution is -2.36. The number of amides is 1. The summed E-state index contributed by atoms with van der Waals surface area (Å²) in [5.41, 5.74) is 0.982. The second-order valence-electron chi connectivity index (χ2n) is 4.09. The maximum atomic E-state index is 11.7. The standard InChI is InChI=1S/C13H18N2OS2/c16-13(9-14-11-4-2-1-3-5-11)15-8-12-10-17-6-7-18-12/h1-5,12,14H,6-10H2,(H,15,16). The molecular weight excluding hydrogens is 264 g/mol. The highest BCUT2D eigenvalue weighted by molar-refractivity contribution is 8.06. The Bertz CT molecular complexity index is 367. The van der Waals surface area contributed by atoms with Crippen LogP contribution in [0.25, 0.3) is 0 Å². The van der Waals surface area contributed by atoms with Gasteiger partial charge >= 0.3 is 0 Å². The Hall–Kier alpha value is -0.810. The number of benzene rings is 1. The SMILES string of the molecule is O=C(CNc1ccccc1)NCC1CSCCS1. The zero-order valence-electron chi connectivity index (χ0n) is 10.2. The number of rotatable bonds is 5. The quantitative estimate of drug-likeness (QED) is 0.867. The molecule has 5 heteroatoms. The van der Waals surface area contributed by atoms with E-state index in [2.05, 4.69) is 10.6 Å². The van der Waals surface area contributed by atoms with E-state index in [1.807, 2.05) is 53.9 Å². The first-order valence-corrected chi connectivity index (χ1v) is 8.30. The summed E-state index contributed by atoms with van der Waals surface area (Å²) in [4.78, 5) is 11.7. The molecule has 18 heavy (non-hydrogen) atoms. The summed E-state index contributed by atoms with van der Waals surface area (Å²) in [5.74, 6) is 3.66. The van der Waals surface area contributed by atoms with E-state index in [1.165, 1.54) is 11.5 Å². The number of carbonyl (C=O) groups is 1. The fourth-order valence-corrected chi connectivity index (χ4v) is 4.29. The molecular formula is C13H18N2OS2. The minimum Gasteiger partial charge on any atom is -0.376 e. The van der Waals surface area contributed by atoms with Crippen LogP contribution in [-0.4, -0.2) is 41.5 Å². The maximum absolute atomic E-state index is 11.7. The predicted molar refractivity (Wildman–Crippen MR) is 81.5 cm³/mol. The van der Waals surface area contributed by atoms with Crippen LogP contribution in [0.1, 0.15) is 0 Å². The van der Waals surface area contributed by atoms with Crippen LogP contribution >= 0.6 is 23.5 Å². The van der Waals surface area contributed by atoms with Crippen molar-refractivity contribution in [3.63, 3.8) is 0 Å². The highest BCUT2D eigenvalue weighted by Gasteiger charge is 2.14. The fraction of sp³-hybridized carbons (Fsp3) is 0.462. The number of anilines is 1. The van der Waals surface area contributed by atoms with Gasteiger partial charge in [0.25, 0.3) is 0 Å². The van der Waals surface area contributed by atoms with E-state index in [0.29, 0.717) is 11.8 Å². The largest absolute Gasteiger partial charge is 0.376 e. The Kier molecular flexibility index (Phi) is 5.74. The van der Waals surface area contributed by atoms with Crippen LogP contribution in [-0.2, 0) is 4.79 Å². The van der Waals surface area contributed by atoms with E-state index < -0.39 is 0 Å². The Morgan fingerprint density at radius 2 is 2.11 bits per heavy atom. The number of para-hydroxylation sites is 1. The first-order valence-electron chi connectivity index (χ1n) is 6.09. The second kappa shape index (κ2) is 7.59. The van der Waals surface area contributed by atoms with Crippen molar-refractivity contribution in [3.8, 4) is 0 Å². The molecule has 1 atom stereocenters. The summed E-state index contributed by atoms with van der Waals surface area (Å²) in [6.45, 7) is 1.13. The van der Waals surface area contributed by atoms with Gasteiger partial charge in [0.2, 0.25) is 5.91 Å². The fourth-order valence-electron chi connectivity index (χ4n) is 1.68. The van der Waals surface area contributed by atoms with E-state index in [0.717, 1.165) is 18.0 Å². The van der Waals surface area contributed by atoms with Crippen LogP contribution < -0.4 is 10.6 Å². The van der Waals surface area contributed by atoms with Crippen molar-refractivity contribution in [2.75, 3.05) is 35.7 Å². The second-order valence-corrected chi connectivity index (χ2v) is 6.65. The average molecular weight is 282 g/mol. The molecule has 0 spiro atoms. The van der Waals surface area contributed by atoms with Crippen molar-refractivity contribution in [1.82, 2.24) is 5.32 Å². The van der Waals surface area contributed by atoms with E-state index in [-0.39, 0.29) is 5.91 Å². The maximum Gasteiger partial charge on any atom is 0.239 e. The lowest BCUT2D eigenvalue weighted by atomic mass is 10.3. The Labute approximate surface area is 116 Å². The van der Waals surface area contributed by atoms with Gasteiger partial charge in [-0.3, -0.25) is 4.79 Å². The monoisotopic (exact) mass is 282 g/mol. The molecule has 1 amide bonds. The van der Waals surface area contributed by atoms with Gasteiger partial charge in [0, 0.05) is 34.7 Å². The average Bonchev–Trinajstić information content (AvgIpc) is 2.45. The molecule has 1 aliphatic heterocycles. The van der Waals surface area contributed by atoms with Crippen molar-refractivity contribution in [1.29, 1.82) is 0 Å². The highest BCUT2D eigenvalue weighted by atomic mass is 32.2. The third-order valence-electron chi connectivity index (χ3n) is 2.64. The van der Waals surface area contributed by atoms with Gasteiger partial charge in [-0.15, -0.1) is 0 Å². The lowest BCUT2D eigenvalue weighted by molar-refractivity contribution is -0.119. The van der Waals surface area contributed by atoms with E-state index in [1.54, 1.807) is 0 Å². The zero-order chi connectivity index (χ0) is 12.6. The number of thioether (sulfide) groups is 2. The molecule has 0 radical (unpaired) electrons. The van der Waals surface area contributed by atoms with Gasteiger partial charge in [-0.1, -0.05) is 18.2 Å². The van der Waals surface area contributed by atoms with Crippen LogP contribution in [0, 0.1) is 0 Å². The molecule has 0 aromatic heterocycles. The van der Waals surface area contributed by atoms with Crippen LogP contribution in [0.4, 0.5) is 5.69 Å². The molecule has 1 aliphatic rings. The normalized spacial score (nSPS) is 19.2. The molecule has 98 valence electrons. The van der Waals surface area contributed by atoms with Crippen molar-refractivity contribution in [3.05, 3.63) is 30.3 Å². The van der Waals surface area contributed by atoms with Crippen LogP contribution in [0.5, 0.6) is 0 Å². The summed E-state index contributed by atoms with van der Waals surface area (Å²) in [6, 6.07) is 9.79. The van der Waals surface area contributed by atoms with E-state index in [9.17, 15) is 4.79 Å². The summed E-state index contributed by atoms with van der Waals surface area (Å²) in [7, 11) is 0. The van der Waals surface area contributed by atoms with Crippen LogP contribution in [0.3, 0.4) is 0 Å². The zero-order valence-corrected chi connectivity index (χ0v) is 11.9. The van der Waals surface area contributed by atoms with Gasteiger partial charge in [-0.2, -0.15) is 23.5 Å². The number of carbonyl (C=O) groups excluding carboxylic acids is 1. The van der Waals surface area contributed by atoms with Gasteiger partial charge in [-0.25, -0.2) is 0 Å². The van der Waals surface area contributed by atoms with Crippen LogP contribution in [0.15, 0.2) is 30.3 Å². The number of hydrogen-bond acceptors (Lipinski definition) is 4. The molecule has 1 fully saturated rings. The topological polar surface area (TPSA) is 41.1 Å². The molecule has 3 nitrogen and oxygen atoms in total. The third kappa shape index (κ3) is 4.82. The van der Waals surface area contributed by atoms with Gasteiger partial charge in [-0.05, 0) is 12.1 Å². The number of hydrogen-bond donors (Lipinski definition) is 2.